The largest absolute Gasteiger partial charge is 0.446 e. The van der Waals surface area contributed by atoms with Gasteiger partial charge in [-0.15, -0.1) is 12.6 Å². The topological polar surface area (TPSA) is 12.9 Å². The summed E-state index contributed by atoms with van der Waals surface area (Å²) in [4.78, 5) is 4.04. The molecule has 1 rings (SSSR count). The molecule has 6 heteroatoms. The number of rotatable bonds is 1. The van der Waals surface area contributed by atoms with Gasteiger partial charge in [0.2, 0.25) is 0 Å². The third kappa shape index (κ3) is 3.36. The van der Waals surface area contributed by atoms with Crippen molar-refractivity contribution in [1.29, 1.82) is 0 Å². The van der Waals surface area contributed by atoms with Gasteiger partial charge in [0.1, 0.15) is 0 Å². The van der Waals surface area contributed by atoms with Crippen LogP contribution in [-0.4, -0.2) is 10.5 Å². The van der Waals surface area contributed by atoms with Gasteiger partial charge in [-0.25, -0.2) is 0 Å². The van der Waals surface area contributed by atoms with Gasteiger partial charge in [0.15, 0.2) is 0 Å². The first-order valence-electron chi connectivity index (χ1n) is 2.87. The lowest BCUT2D eigenvalue weighted by molar-refractivity contribution is -0.0328. The van der Waals surface area contributed by atoms with Crippen LogP contribution in [0.5, 0.6) is 0 Å². The van der Waals surface area contributed by atoms with Crippen molar-refractivity contribution >= 4 is 24.4 Å². The summed E-state index contributed by atoms with van der Waals surface area (Å²) in [5.41, 5.74) is -4.26. The van der Waals surface area contributed by atoms with Crippen molar-refractivity contribution in [3.63, 3.8) is 0 Å². The molecule has 0 unspecified atom stereocenters. The monoisotopic (exact) mass is 211 g/mol. The SMILES string of the molecule is FC(F)(F)Sc1cncc(S)c1. The molecular formula is C6H4F3NS2. The van der Waals surface area contributed by atoms with Crippen LogP contribution in [0.25, 0.3) is 0 Å². The summed E-state index contributed by atoms with van der Waals surface area (Å²) < 4.78 is 35.3. The minimum atomic E-state index is -4.26. The molecule has 0 aliphatic heterocycles. The van der Waals surface area contributed by atoms with E-state index in [9.17, 15) is 13.2 Å². The Hall–Kier alpha value is -0.360. The van der Waals surface area contributed by atoms with Gasteiger partial charge in [0.25, 0.3) is 0 Å². The minimum Gasteiger partial charge on any atom is -0.262 e. The van der Waals surface area contributed by atoms with Gasteiger partial charge in [-0.2, -0.15) is 13.2 Å². The molecule has 0 atom stereocenters. The van der Waals surface area contributed by atoms with Gasteiger partial charge in [0.05, 0.1) is 0 Å². The summed E-state index contributed by atoms with van der Waals surface area (Å²) >= 11 is 3.66. The second-order valence-corrected chi connectivity index (χ2v) is 3.58. The molecule has 0 radical (unpaired) electrons. The van der Waals surface area contributed by atoms with Gasteiger partial charge < -0.3 is 0 Å². The number of hydrogen-bond acceptors (Lipinski definition) is 3. The highest BCUT2D eigenvalue weighted by molar-refractivity contribution is 8.00. The third-order valence-corrected chi connectivity index (χ3v) is 1.87. The van der Waals surface area contributed by atoms with Crippen LogP contribution >= 0.6 is 24.4 Å². The fourth-order valence-electron chi connectivity index (χ4n) is 0.597. The second-order valence-electron chi connectivity index (χ2n) is 1.93. The molecule has 66 valence electrons. The minimum absolute atomic E-state index is 0.0509. The van der Waals surface area contributed by atoms with E-state index >= 15 is 0 Å². The molecule has 0 aliphatic carbocycles. The summed E-state index contributed by atoms with van der Waals surface area (Å²) in [6.45, 7) is 0. The highest BCUT2D eigenvalue weighted by Gasteiger charge is 2.29. The molecule has 12 heavy (non-hydrogen) atoms. The molecule has 1 aromatic heterocycles. The Morgan fingerprint density at radius 2 is 2.00 bits per heavy atom. The van der Waals surface area contributed by atoms with E-state index < -0.39 is 5.51 Å². The molecule has 1 nitrogen and oxygen atoms in total. The molecule has 0 aliphatic rings. The van der Waals surface area contributed by atoms with E-state index in [0.29, 0.717) is 4.90 Å². The number of hydrogen-bond donors (Lipinski definition) is 1. The Labute approximate surface area is 76.8 Å². The van der Waals surface area contributed by atoms with Crippen LogP contribution < -0.4 is 0 Å². The first-order valence-corrected chi connectivity index (χ1v) is 4.13. The lowest BCUT2D eigenvalue weighted by Crippen LogP contribution is -1.98. The standard InChI is InChI=1S/C6H4F3NS2/c7-6(8,9)12-5-1-4(11)2-10-3-5/h1-3,11H. The molecule has 0 bridgehead atoms. The summed E-state index contributed by atoms with van der Waals surface area (Å²) in [5, 5.41) is 0. The molecule has 0 saturated heterocycles. The van der Waals surface area contributed by atoms with Crippen LogP contribution in [0.4, 0.5) is 13.2 Å². The van der Waals surface area contributed by atoms with Crippen LogP contribution in [0, 0.1) is 0 Å². The number of thioether (sulfide) groups is 1. The quantitative estimate of drug-likeness (QED) is 0.566. The number of halogens is 3. The van der Waals surface area contributed by atoms with Gasteiger partial charge >= 0.3 is 5.51 Å². The fourth-order valence-corrected chi connectivity index (χ4v) is 1.46. The lowest BCUT2D eigenvalue weighted by atomic mass is 10.5. The zero-order valence-electron chi connectivity index (χ0n) is 5.67. The van der Waals surface area contributed by atoms with Crippen molar-refractivity contribution < 1.29 is 13.2 Å². The van der Waals surface area contributed by atoms with Crippen molar-refractivity contribution in [1.82, 2.24) is 4.98 Å². The molecule has 1 heterocycles. The molecule has 0 spiro atoms. The molecule has 1 aromatic rings. The van der Waals surface area contributed by atoms with Gasteiger partial charge in [-0.1, -0.05) is 0 Å². The van der Waals surface area contributed by atoms with Crippen molar-refractivity contribution in [3.8, 4) is 0 Å². The zero-order chi connectivity index (χ0) is 9.19. The van der Waals surface area contributed by atoms with E-state index in [-0.39, 0.29) is 16.7 Å². The number of aromatic nitrogens is 1. The average molecular weight is 211 g/mol. The molecule has 0 N–H and O–H groups in total. The fraction of sp³-hybridized carbons (Fsp3) is 0.167. The number of thiol groups is 1. The van der Waals surface area contributed by atoms with Crippen LogP contribution in [0.15, 0.2) is 28.3 Å². The molecule has 0 fully saturated rings. The third-order valence-electron chi connectivity index (χ3n) is 0.932. The summed E-state index contributed by atoms with van der Waals surface area (Å²) in [7, 11) is 0. The second kappa shape index (κ2) is 3.57. The average Bonchev–Trinajstić information content (AvgIpc) is 1.82. The lowest BCUT2D eigenvalue weighted by Gasteiger charge is -2.04. The maximum absolute atomic E-state index is 11.8. The van der Waals surface area contributed by atoms with Crippen molar-refractivity contribution in [2.45, 2.75) is 15.3 Å². The first-order chi connectivity index (χ1) is 5.47. The zero-order valence-corrected chi connectivity index (χ0v) is 7.38. The summed E-state index contributed by atoms with van der Waals surface area (Å²) in [6, 6.07) is 1.31. The van der Waals surface area contributed by atoms with Gasteiger partial charge in [-0.05, 0) is 17.8 Å². The van der Waals surface area contributed by atoms with Crippen LogP contribution in [0.3, 0.4) is 0 Å². The molecule has 0 aromatic carbocycles. The maximum Gasteiger partial charge on any atom is 0.446 e. The highest BCUT2D eigenvalue weighted by Crippen LogP contribution is 2.36. The van der Waals surface area contributed by atoms with Gasteiger partial charge in [-0.3, -0.25) is 4.98 Å². The summed E-state index contributed by atoms with van der Waals surface area (Å²) in [5.74, 6) is 0. The Morgan fingerprint density at radius 1 is 1.33 bits per heavy atom. The molecular weight excluding hydrogens is 207 g/mol. The van der Waals surface area contributed by atoms with Crippen LogP contribution in [0.2, 0.25) is 0 Å². The van der Waals surface area contributed by atoms with E-state index in [4.69, 9.17) is 0 Å². The molecule has 0 amide bonds. The maximum atomic E-state index is 11.8. The van der Waals surface area contributed by atoms with Crippen LogP contribution in [-0.2, 0) is 0 Å². The number of alkyl halides is 3. The predicted molar refractivity (Wildman–Crippen MR) is 43.4 cm³/mol. The van der Waals surface area contributed by atoms with E-state index in [1.807, 2.05) is 0 Å². The van der Waals surface area contributed by atoms with Gasteiger partial charge in [0, 0.05) is 22.2 Å². The van der Waals surface area contributed by atoms with Crippen molar-refractivity contribution in [3.05, 3.63) is 18.5 Å². The summed E-state index contributed by atoms with van der Waals surface area (Å²) in [6.07, 6.45) is 2.53. The Bertz CT molecular complexity index is 274. The number of pyridine rings is 1. The highest BCUT2D eigenvalue weighted by atomic mass is 32.2. The molecule has 0 saturated carbocycles. The predicted octanol–water partition coefficient (Wildman–Crippen LogP) is 2.98. The van der Waals surface area contributed by atoms with E-state index in [1.165, 1.54) is 12.3 Å². The normalized spacial score (nSPS) is 11.7. The first kappa shape index (κ1) is 9.73. The van der Waals surface area contributed by atoms with E-state index in [2.05, 4.69) is 17.6 Å². The van der Waals surface area contributed by atoms with E-state index in [0.717, 1.165) is 6.20 Å². The van der Waals surface area contributed by atoms with Crippen molar-refractivity contribution in [2.24, 2.45) is 0 Å². The Kier molecular flexibility index (Phi) is 2.89. The van der Waals surface area contributed by atoms with E-state index in [1.54, 1.807) is 0 Å². The smallest absolute Gasteiger partial charge is 0.262 e. The Balaban J connectivity index is 2.77. The van der Waals surface area contributed by atoms with Crippen molar-refractivity contribution in [2.75, 3.05) is 0 Å². The number of nitrogens with zero attached hydrogens (tertiary/aromatic N) is 1. The Morgan fingerprint density at radius 3 is 2.50 bits per heavy atom. The van der Waals surface area contributed by atoms with Crippen LogP contribution in [0.1, 0.15) is 0 Å².